The second-order valence-corrected chi connectivity index (χ2v) is 4.84. The van der Waals surface area contributed by atoms with E-state index >= 15 is 0 Å². The van der Waals surface area contributed by atoms with Gasteiger partial charge in [0.15, 0.2) is 0 Å². The average Bonchev–Trinajstić information content (AvgIpc) is 2.81. The minimum Gasteiger partial charge on any atom is -0.480 e. The molecule has 0 aromatic carbocycles. The zero-order chi connectivity index (χ0) is 13.4. The van der Waals surface area contributed by atoms with Gasteiger partial charge < -0.3 is 15.2 Å². The first-order valence-electron chi connectivity index (χ1n) is 5.82. The summed E-state index contributed by atoms with van der Waals surface area (Å²) in [7, 11) is 0. The molecule has 1 unspecified atom stereocenters. The molecule has 5 nitrogen and oxygen atoms in total. The Morgan fingerprint density at radius 2 is 2.33 bits per heavy atom. The monoisotopic (exact) mass is 271 g/mol. The maximum absolute atomic E-state index is 11.4. The number of carboxylic acid groups (broad SMARTS) is 1. The summed E-state index contributed by atoms with van der Waals surface area (Å²) in [6.45, 7) is 2.30. The van der Waals surface area contributed by atoms with Crippen molar-refractivity contribution in [2.75, 3.05) is 6.61 Å². The van der Waals surface area contributed by atoms with E-state index in [9.17, 15) is 9.59 Å². The van der Waals surface area contributed by atoms with Gasteiger partial charge in [-0.05, 0) is 17.9 Å². The van der Waals surface area contributed by atoms with Crippen LogP contribution < -0.4 is 5.32 Å². The fourth-order valence-electron chi connectivity index (χ4n) is 1.32. The molecule has 0 radical (unpaired) electrons. The molecule has 18 heavy (non-hydrogen) atoms. The van der Waals surface area contributed by atoms with Crippen LogP contribution in [0.2, 0.25) is 0 Å². The fraction of sp³-hybridized carbons (Fsp3) is 0.500. The zero-order valence-electron chi connectivity index (χ0n) is 10.2. The zero-order valence-corrected chi connectivity index (χ0v) is 11.0. The molecule has 1 heterocycles. The molecule has 6 heteroatoms. The van der Waals surface area contributed by atoms with Crippen LogP contribution in [0.15, 0.2) is 17.5 Å². The van der Waals surface area contributed by atoms with Gasteiger partial charge in [-0.15, -0.1) is 11.3 Å². The quantitative estimate of drug-likeness (QED) is 0.746. The molecule has 1 aromatic rings. The van der Waals surface area contributed by atoms with Crippen LogP contribution in [0, 0.1) is 0 Å². The summed E-state index contributed by atoms with van der Waals surface area (Å²) in [5, 5.41) is 13.3. The van der Waals surface area contributed by atoms with E-state index in [1.807, 2.05) is 24.4 Å². The number of alkyl carbamates (subject to hydrolysis) is 1. The molecule has 0 spiro atoms. The molecule has 1 rings (SSSR count). The standard InChI is InChI=1S/C12H17NO4S/c1-2-3-6-17-12(16)13-10(11(14)15)8-9-5-4-7-18-9/h4-5,7,10H,2-3,6,8H2,1H3,(H,13,16)(H,14,15). The van der Waals surface area contributed by atoms with E-state index in [2.05, 4.69) is 5.32 Å². The number of carbonyl (C=O) groups excluding carboxylic acids is 1. The highest BCUT2D eigenvalue weighted by molar-refractivity contribution is 7.09. The van der Waals surface area contributed by atoms with Crippen molar-refractivity contribution in [2.24, 2.45) is 0 Å². The number of rotatable bonds is 7. The van der Waals surface area contributed by atoms with Crippen LogP contribution in [0.3, 0.4) is 0 Å². The Balaban J connectivity index is 2.42. The highest BCUT2D eigenvalue weighted by Gasteiger charge is 2.21. The maximum atomic E-state index is 11.4. The molecule has 100 valence electrons. The minimum absolute atomic E-state index is 0.274. The van der Waals surface area contributed by atoms with Crippen LogP contribution in [-0.2, 0) is 16.0 Å². The summed E-state index contributed by atoms with van der Waals surface area (Å²) in [6.07, 6.45) is 1.30. The third-order valence-corrected chi connectivity index (χ3v) is 3.21. The number of nitrogens with one attached hydrogen (secondary N) is 1. The smallest absolute Gasteiger partial charge is 0.407 e. The van der Waals surface area contributed by atoms with Gasteiger partial charge >= 0.3 is 12.1 Å². The average molecular weight is 271 g/mol. The molecule has 0 bridgehead atoms. The number of carboxylic acids is 1. The maximum Gasteiger partial charge on any atom is 0.407 e. The summed E-state index contributed by atoms with van der Waals surface area (Å²) >= 11 is 1.46. The van der Waals surface area contributed by atoms with Gasteiger partial charge in [0.05, 0.1) is 6.61 Å². The predicted molar refractivity (Wildman–Crippen MR) is 68.8 cm³/mol. The van der Waals surface area contributed by atoms with Crippen LogP contribution in [0.5, 0.6) is 0 Å². The Kier molecular flexibility index (Phi) is 6.21. The SMILES string of the molecule is CCCCOC(=O)NC(Cc1cccs1)C(=O)O. The Bertz CT molecular complexity index is 377. The first-order valence-corrected chi connectivity index (χ1v) is 6.70. The van der Waals surface area contributed by atoms with Crippen molar-refractivity contribution in [3.05, 3.63) is 22.4 Å². The molecule has 1 amide bonds. The van der Waals surface area contributed by atoms with E-state index in [1.54, 1.807) is 0 Å². The molecule has 0 aliphatic carbocycles. The van der Waals surface area contributed by atoms with Crippen molar-refractivity contribution in [1.29, 1.82) is 0 Å². The third kappa shape index (κ3) is 5.18. The van der Waals surface area contributed by atoms with E-state index in [1.165, 1.54) is 11.3 Å². The molecule has 0 saturated carbocycles. The van der Waals surface area contributed by atoms with Crippen molar-refractivity contribution >= 4 is 23.4 Å². The number of unbranched alkanes of at least 4 members (excludes halogenated alkanes) is 1. The molecule has 2 N–H and O–H groups in total. The lowest BCUT2D eigenvalue weighted by Crippen LogP contribution is -2.42. The van der Waals surface area contributed by atoms with Gasteiger partial charge in [-0.1, -0.05) is 19.4 Å². The molecule has 0 aliphatic rings. The summed E-state index contributed by atoms with van der Waals surface area (Å²) in [5.74, 6) is -1.06. The van der Waals surface area contributed by atoms with E-state index < -0.39 is 18.1 Å². The van der Waals surface area contributed by atoms with Gasteiger partial charge in [0.25, 0.3) is 0 Å². The van der Waals surface area contributed by atoms with E-state index in [-0.39, 0.29) is 6.42 Å². The second-order valence-electron chi connectivity index (χ2n) is 3.81. The predicted octanol–water partition coefficient (Wildman–Crippen LogP) is 2.27. The van der Waals surface area contributed by atoms with Gasteiger partial charge in [0.1, 0.15) is 6.04 Å². The molecule has 1 atom stereocenters. The second kappa shape index (κ2) is 7.71. The molecule has 0 aliphatic heterocycles. The Morgan fingerprint density at radius 3 is 2.89 bits per heavy atom. The third-order valence-electron chi connectivity index (χ3n) is 2.31. The lowest BCUT2D eigenvalue weighted by molar-refractivity contribution is -0.139. The number of hydrogen-bond acceptors (Lipinski definition) is 4. The van der Waals surface area contributed by atoms with Crippen molar-refractivity contribution in [2.45, 2.75) is 32.2 Å². The van der Waals surface area contributed by atoms with Gasteiger partial charge in [0.2, 0.25) is 0 Å². The number of carbonyl (C=O) groups is 2. The molecular weight excluding hydrogens is 254 g/mol. The van der Waals surface area contributed by atoms with Gasteiger partial charge in [-0.2, -0.15) is 0 Å². The summed E-state index contributed by atoms with van der Waals surface area (Å²) in [6, 6.07) is 2.74. The van der Waals surface area contributed by atoms with Crippen molar-refractivity contribution < 1.29 is 19.4 Å². The van der Waals surface area contributed by atoms with E-state index in [4.69, 9.17) is 9.84 Å². The number of amides is 1. The summed E-state index contributed by atoms with van der Waals surface area (Å²) < 4.78 is 4.87. The van der Waals surface area contributed by atoms with Crippen molar-refractivity contribution in [3.8, 4) is 0 Å². The molecule has 0 saturated heterocycles. The highest BCUT2D eigenvalue weighted by atomic mass is 32.1. The fourth-order valence-corrected chi connectivity index (χ4v) is 2.08. The Hall–Kier alpha value is -1.56. The lowest BCUT2D eigenvalue weighted by Gasteiger charge is -2.13. The molecule has 0 fully saturated rings. The topological polar surface area (TPSA) is 75.6 Å². The summed E-state index contributed by atoms with van der Waals surface area (Å²) in [5.41, 5.74) is 0. The van der Waals surface area contributed by atoms with E-state index in [0.717, 1.165) is 17.7 Å². The first kappa shape index (κ1) is 14.5. The van der Waals surface area contributed by atoms with Crippen molar-refractivity contribution in [3.63, 3.8) is 0 Å². The van der Waals surface area contributed by atoms with Crippen LogP contribution >= 0.6 is 11.3 Å². The molecule has 1 aromatic heterocycles. The summed E-state index contributed by atoms with van der Waals surface area (Å²) in [4.78, 5) is 23.3. The van der Waals surface area contributed by atoms with Gasteiger partial charge in [0, 0.05) is 11.3 Å². The largest absolute Gasteiger partial charge is 0.480 e. The van der Waals surface area contributed by atoms with Gasteiger partial charge in [-0.25, -0.2) is 9.59 Å². The van der Waals surface area contributed by atoms with Crippen LogP contribution in [-0.4, -0.2) is 29.8 Å². The Morgan fingerprint density at radius 1 is 1.56 bits per heavy atom. The number of hydrogen-bond donors (Lipinski definition) is 2. The lowest BCUT2D eigenvalue weighted by atomic mass is 10.2. The first-order chi connectivity index (χ1) is 8.63. The van der Waals surface area contributed by atoms with Crippen molar-refractivity contribution in [1.82, 2.24) is 5.32 Å². The van der Waals surface area contributed by atoms with Crippen LogP contribution in [0.25, 0.3) is 0 Å². The minimum atomic E-state index is -1.06. The van der Waals surface area contributed by atoms with Crippen LogP contribution in [0.1, 0.15) is 24.6 Å². The Labute approximate surface area is 110 Å². The van der Waals surface area contributed by atoms with Gasteiger partial charge in [-0.3, -0.25) is 0 Å². The number of ether oxygens (including phenoxy) is 1. The highest BCUT2D eigenvalue weighted by Crippen LogP contribution is 2.11. The van der Waals surface area contributed by atoms with Crippen LogP contribution in [0.4, 0.5) is 4.79 Å². The molecular formula is C12H17NO4S. The number of aliphatic carboxylic acids is 1. The normalized spacial score (nSPS) is 11.8. The number of thiophene rings is 1. The van der Waals surface area contributed by atoms with E-state index in [0.29, 0.717) is 6.61 Å².